The number of aryl methyl sites for hydroxylation is 1. The molecule has 0 aromatic carbocycles. The summed E-state index contributed by atoms with van der Waals surface area (Å²) in [5, 5.41) is 8.36. The Morgan fingerprint density at radius 2 is 2.27 bits per heavy atom. The molecule has 0 spiro atoms. The van der Waals surface area contributed by atoms with Crippen LogP contribution in [-0.2, 0) is 4.79 Å². The molecule has 1 aliphatic heterocycles. The van der Waals surface area contributed by atoms with Gasteiger partial charge < -0.3 is 5.32 Å². The molecule has 1 saturated heterocycles. The topological polar surface area (TPSA) is 41.1 Å². The summed E-state index contributed by atoms with van der Waals surface area (Å²) in [5.41, 5.74) is 1.15. The fourth-order valence-electron chi connectivity index (χ4n) is 1.78. The molecule has 1 aliphatic rings. The number of hydrogen-bond donors (Lipinski definition) is 2. The van der Waals surface area contributed by atoms with Gasteiger partial charge in [0.05, 0.1) is 0 Å². The van der Waals surface area contributed by atoms with Crippen molar-refractivity contribution >= 4 is 17.2 Å². The van der Waals surface area contributed by atoms with Crippen LogP contribution in [0.3, 0.4) is 0 Å². The summed E-state index contributed by atoms with van der Waals surface area (Å²) in [6.07, 6.45) is 0. The van der Waals surface area contributed by atoms with Crippen molar-refractivity contribution in [3.05, 3.63) is 21.9 Å². The average molecular weight is 224 g/mol. The highest BCUT2D eigenvalue weighted by atomic mass is 32.1. The lowest BCUT2D eigenvalue weighted by atomic mass is 9.98. The minimum absolute atomic E-state index is 0.0327. The summed E-state index contributed by atoms with van der Waals surface area (Å²) in [5.74, 6) is 0.0832. The van der Waals surface area contributed by atoms with Crippen molar-refractivity contribution in [2.24, 2.45) is 0 Å². The third-order valence-electron chi connectivity index (χ3n) is 2.67. The van der Waals surface area contributed by atoms with E-state index in [1.165, 1.54) is 5.56 Å². The molecule has 1 unspecified atom stereocenters. The Morgan fingerprint density at radius 3 is 2.87 bits per heavy atom. The molecule has 2 heterocycles. The van der Waals surface area contributed by atoms with Crippen LogP contribution in [0, 0.1) is 6.92 Å². The highest BCUT2D eigenvalue weighted by Crippen LogP contribution is 2.27. The van der Waals surface area contributed by atoms with Gasteiger partial charge in [-0.25, -0.2) is 0 Å². The second kappa shape index (κ2) is 3.61. The monoisotopic (exact) mass is 224 g/mol. The molecule has 0 radical (unpaired) electrons. The van der Waals surface area contributed by atoms with Crippen molar-refractivity contribution in [2.45, 2.75) is 32.4 Å². The van der Waals surface area contributed by atoms with Gasteiger partial charge in [0.25, 0.3) is 0 Å². The first-order chi connectivity index (χ1) is 6.99. The predicted octanol–water partition coefficient (Wildman–Crippen LogP) is 1.60. The molecular weight excluding hydrogens is 208 g/mol. The summed E-state index contributed by atoms with van der Waals surface area (Å²) in [7, 11) is 0. The molecule has 1 fully saturated rings. The van der Waals surface area contributed by atoms with E-state index in [0.29, 0.717) is 6.54 Å². The Labute approximate surface area is 93.9 Å². The first-order valence-corrected chi connectivity index (χ1v) is 5.97. The predicted molar refractivity (Wildman–Crippen MR) is 62.0 cm³/mol. The van der Waals surface area contributed by atoms with Crippen LogP contribution in [0.4, 0.5) is 0 Å². The van der Waals surface area contributed by atoms with E-state index < -0.39 is 0 Å². The SMILES string of the molecule is Cc1ccsc1C1NC(C)(C)CNC1=O. The van der Waals surface area contributed by atoms with Gasteiger partial charge in [0.15, 0.2) is 0 Å². The van der Waals surface area contributed by atoms with Crippen LogP contribution >= 0.6 is 11.3 Å². The van der Waals surface area contributed by atoms with Crippen molar-refractivity contribution in [1.82, 2.24) is 10.6 Å². The van der Waals surface area contributed by atoms with Crippen LogP contribution in [0.15, 0.2) is 11.4 Å². The number of carbonyl (C=O) groups is 1. The molecule has 1 atom stereocenters. The lowest BCUT2D eigenvalue weighted by molar-refractivity contribution is -0.126. The van der Waals surface area contributed by atoms with E-state index in [1.807, 2.05) is 12.3 Å². The molecule has 15 heavy (non-hydrogen) atoms. The summed E-state index contributed by atoms with van der Waals surface area (Å²) in [4.78, 5) is 12.9. The van der Waals surface area contributed by atoms with Crippen molar-refractivity contribution in [2.75, 3.05) is 6.54 Å². The quantitative estimate of drug-likeness (QED) is 0.760. The standard InChI is InChI=1S/C11H16N2OS/c1-7-4-5-15-9(7)8-10(14)12-6-11(2,3)13-8/h4-5,8,13H,6H2,1-3H3,(H,12,14). The Balaban J connectivity index is 2.28. The Hall–Kier alpha value is -0.870. The molecule has 0 bridgehead atoms. The van der Waals surface area contributed by atoms with Crippen LogP contribution in [0.2, 0.25) is 0 Å². The van der Waals surface area contributed by atoms with Crippen LogP contribution in [0.5, 0.6) is 0 Å². The molecule has 4 heteroatoms. The summed E-state index contributed by atoms with van der Waals surface area (Å²) < 4.78 is 0. The molecule has 3 nitrogen and oxygen atoms in total. The fraction of sp³-hybridized carbons (Fsp3) is 0.545. The second-order valence-corrected chi connectivity index (χ2v) is 5.59. The third-order valence-corrected chi connectivity index (χ3v) is 3.75. The maximum absolute atomic E-state index is 11.8. The molecule has 1 aromatic rings. The van der Waals surface area contributed by atoms with Gasteiger partial charge in [0, 0.05) is 17.0 Å². The zero-order valence-corrected chi connectivity index (χ0v) is 10.1. The van der Waals surface area contributed by atoms with E-state index in [-0.39, 0.29) is 17.5 Å². The fourth-order valence-corrected chi connectivity index (χ4v) is 2.76. The number of piperazine rings is 1. The molecule has 0 saturated carbocycles. The van der Waals surface area contributed by atoms with Crippen LogP contribution in [0.1, 0.15) is 30.3 Å². The second-order valence-electron chi connectivity index (χ2n) is 4.65. The molecule has 82 valence electrons. The summed E-state index contributed by atoms with van der Waals surface area (Å²) in [6.45, 7) is 6.93. The van der Waals surface area contributed by atoms with E-state index in [1.54, 1.807) is 11.3 Å². The minimum atomic E-state index is -0.186. The average Bonchev–Trinajstić information content (AvgIpc) is 2.56. The zero-order chi connectivity index (χ0) is 11.1. The maximum atomic E-state index is 11.8. The number of hydrogen-bond acceptors (Lipinski definition) is 3. The van der Waals surface area contributed by atoms with Crippen LogP contribution in [0.25, 0.3) is 0 Å². The number of carbonyl (C=O) groups excluding carboxylic acids is 1. The zero-order valence-electron chi connectivity index (χ0n) is 9.26. The van der Waals surface area contributed by atoms with E-state index in [2.05, 4.69) is 30.5 Å². The minimum Gasteiger partial charge on any atom is -0.353 e. The molecule has 2 rings (SSSR count). The van der Waals surface area contributed by atoms with Crippen molar-refractivity contribution in [3.63, 3.8) is 0 Å². The van der Waals surface area contributed by atoms with Gasteiger partial charge in [-0.2, -0.15) is 0 Å². The lowest BCUT2D eigenvalue weighted by Gasteiger charge is -2.36. The van der Waals surface area contributed by atoms with Crippen molar-refractivity contribution < 1.29 is 4.79 Å². The van der Waals surface area contributed by atoms with E-state index in [9.17, 15) is 4.79 Å². The smallest absolute Gasteiger partial charge is 0.242 e. The van der Waals surface area contributed by atoms with Crippen molar-refractivity contribution in [3.8, 4) is 0 Å². The largest absolute Gasteiger partial charge is 0.353 e. The van der Waals surface area contributed by atoms with E-state index in [0.717, 1.165) is 4.88 Å². The lowest BCUT2D eigenvalue weighted by Crippen LogP contribution is -2.59. The van der Waals surface area contributed by atoms with Gasteiger partial charge in [-0.05, 0) is 37.8 Å². The summed E-state index contributed by atoms with van der Waals surface area (Å²) >= 11 is 1.64. The first kappa shape index (κ1) is 10.6. The highest BCUT2D eigenvalue weighted by molar-refractivity contribution is 7.10. The van der Waals surface area contributed by atoms with Gasteiger partial charge in [-0.1, -0.05) is 0 Å². The summed E-state index contributed by atoms with van der Waals surface area (Å²) in [6, 6.07) is 1.87. The molecule has 2 N–H and O–H groups in total. The molecular formula is C11H16N2OS. The Morgan fingerprint density at radius 1 is 1.53 bits per heavy atom. The molecule has 1 amide bonds. The Kier molecular flexibility index (Phi) is 2.56. The number of nitrogens with one attached hydrogen (secondary N) is 2. The van der Waals surface area contributed by atoms with Gasteiger partial charge in [0.1, 0.15) is 6.04 Å². The molecule has 1 aromatic heterocycles. The Bertz CT molecular complexity index is 384. The van der Waals surface area contributed by atoms with Gasteiger partial charge in [-0.15, -0.1) is 11.3 Å². The van der Waals surface area contributed by atoms with Gasteiger partial charge in [-0.3, -0.25) is 10.1 Å². The third kappa shape index (κ3) is 2.06. The van der Waals surface area contributed by atoms with E-state index in [4.69, 9.17) is 0 Å². The number of rotatable bonds is 1. The first-order valence-electron chi connectivity index (χ1n) is 5.09. The van der Waals surface area contributed by atoms with E-state index >= 15 is 0 Å². The van der Waals surface area contributed by atoms with Crippen molar-refractivity contribution in [1.29, 1.82) is 0 Å². The maximum Gasteiger partial charge on any atom is 0.242 e. The van der Waals surface area contributed by atoms with Gasteiger partial charge >= 0.3 is 0 Å². The number of amides is 1. The normalized spacial score (nSPS) is 25.0. The van der Waals surface area contributed by atoms with Crippen LogP contribution < -0.4 is 10.6 Å². The van der Waals surface area contributed by atoms with Crippen LogP contribution in [-0.4, -0.2) is 18.0 Å². The van der Waals surface area contributed by atoms with Gasteiger partial charge in [0.2, 0.25) is 5.91 Å². The highest BCUT2D eigenvalue weighted by Gasteiger charge is 2.34. The number of thiophene rings is 1. The molecule has 0 aliphatic carbocycles.